The van der Waals surface area contributed by atoms with E-state index in [1.54, 1.807) is 12.1 Å². The van der Waals surface area contributed by atoms with Crippen molar-refractivity contribution in [2.45, 2.75) is 25.9 Å². The zero-order valence-electron chi connectivity index (χ0n) is 19.3. The molecule has 0 saturated carbocycles. The Hall–Kier alpha value is -3.23. The number of hydrogen-bond acceptors (Lipinski definition) is 4. The molecule has 0 bridgehead atoms. The van der Waals surface area contributed by atoms with E-state index in [-0.39, 0.29) is 17.6 Å². The number of likely N-dealkylation sites (N-methyl/N-ethyl adjacent to an activating group) is 1. The molecule has 1 fully saturated rings. The molecule has 3 aromatic rings. The van der Waals surface area contributed by atoms with Crippen LogP contribution in [0.2, 0.25) is 0 Å². The minimum atomic E-state index is -0.927. The van der Waals surface area contributed by atoms with Gasteiger partial charge in [-0.05, 0) is 88.2 Å². The van der Waals surface area contributed by atoms with E-state index in [1.165, 1.54) is 5.56 Å². The highest BCUT2D eigenvalue weighted by molar-refractivity contribution is 7.80. The minimum absolute atomic E-state index is 0.00871. The molecule has 0 aliphatic carbocycles. The molecule has 3 heterocycles. The summed E-state index contributed by atoms with van der Waals surface area (Å²) in [7, 11) is 4.12. The zero-order chi connectivity index (χ0) is 23.7. The molecule has 7 nitrogen and oxygen atoms in total. The highest BCUT2D eigenvalue weighted by Gasteiger charge is 2.41. The highest BCUT2D eigenvalue weighted by Crippen LogP contribution is 2.41. The maximum absolute atomic E-state index is 11.3. The second-order valence-corrected chi connectivity index (χ2v) is 9.02. The predicted molar refractivity (Wildman–Crippen MR) is 133 cm³/mol. The Morgan fingerprint density at radius 1 is 1.18 bits per heavy atom. The second-order valence-electron chi connectivity index (χ2n) is 8.64. The third-order valence-electron chi connectivity index (χ3n) is 6.15. The Balaban J connectivity index is 1.78. The second kappa shape index (κ2) is 9.33. The first kappa shape index (κ1) is 22.9. The van der Waals surface area contributed by atoms with Crippen LogP contribution in [0.15, 0.2) is 54.7 Å². The number of benzene rings is 1. The van der Waals surface area contributed by atoms with Gasteiger partial charge in [0.15, 0.2) is 5.11 Å². The van der Waals surface area contributed by atoms with E-state index in [9.17, 15) is 9.90 Å². The molecule has 1 aliphatic rings. The summed E-state index contributed by atoms with van der Waals surface area (Å²) in [6, 6.07) is 15.1. The molecule has 8 heteroatoms. The fraction of sp³-hybridized carbons (Fsp3) is 0.320. The molecule has 33 heavy (non-hydrogen) atoms. The average Bonchev–Trinajstić information content (AvgIpc) is 3.27. The summed E-state index contributed by atoms with van der Waals surface area (Å²) in [6.07, 6.45) is 1.81. The maximum atomic E-state index is 11.3. The smallest absolute Gasteiger partial charge is 0.335 e. The number of carboxylic acids is 1. The summed E-state index contributed by atoms with van der Waals surface area (Å²) in [4.78, 5) is 20.3. The predicted octanol–water partition coefficient (Wildman–Crippen LogP) is 3.72. The van der Waals surface area contributed by atoms with Gasteiger partial charge in [-0.15, -0.1) is 0 Å². The molecule has 0 radical (unpaired) electrons. The SMILES string of the molecule is Cc1cc(C2C(c3ccccn3)NC(=S)N2CCN(C)C)c(C)n1-c1ccc(C(=O)O)cc1. The largest absolute Gasteiger partial charge is 0.478 e. The number of nitrogens with zero attached hydrogens (tertiary/aromatic N) is 4. The van der Waals surface area contributed by atoms with Gasteiger partial charge >= 0.3 is 5.97 Å². The van der Waals surface area contributed by atoms with Crippen molar-refractivity contribution < 1.29 is 9.90 Å². The van der Waals surface area contributed by atoms with Crippen molar-refractivity contribution >= 4 is 23.3 Å². The summed E-state index contributed by atoms with van der Waals surface area (Å²) in [5.41, 5.74) is 5.52. The lowest BCUT2D eigenvalue weighted by atomic mass is 9.96. The number of aryl methyl sites for hydroxylation is 1. The van der Waals surface area contributed by atoms with Crippen LogP contribution >= 0.6 is 12.2 Å². The molecule has 0 spiro atoms. The van der Waals surface area contributed by atoms with E-state index < -0.39 is 5.97 Å². The molecule has 2 unspecified atom stereocenters. The zero-order valence-corrected chi connectivity index (χ0v) is 20.1. The van der Waals surface area contributed by atoms with E-state index in [0.29, 0.717) is 0 Å². The molecule has 2 N–H and O–H groups in total. The summed E-state index contributed by atoms with van der Waals surface area (Å²) in [5.74, 6) is -0.927. The quantitative estimate of drug-likeness (QED) is 0.517. The number of hydrogen-bond donors (Lipinski definition) is 2. The lowest BCUT2D eigenvalue weighted by molar-refractivity contribution is 0.0697. The Kier molecular flexibility index (Phi) is 6.49. The topological polar surface area (TPSA) is 73.6 Å². The van der Waals surface area contributed by atoms with Crippen LogP contribution in [-0.4, -0.2) is 62.7 Å². The molecule has 0 amide bonds. The molecular formula is C25H29N5O2S. The minimum Gasteiger partial charge on any atom is -0.478 e. The number of nitrogens with one attached hydrogen (secondary N) is 1. The van der Waals surface area contributed by atoms with Gasteiger partial charge in [-0.1, -0.05) is 6.07 Å². The van der Waals surface area contributed by atoms with E-state index in [1.807, 2.05) is 36.5 Å². The van der Waals surface area contributed by atoms with E-state index in [4.69, 9.17) is 12.2 Å². The summed E-state index contributed by atoms with van der Waals surface area (Å²) < 4.78 is 2.17. The lowest BCUT2D eigenvalue weighted by Gasteiger charge is -2.29. The molecule has 172 valence electrons. The molecule has 1 aromatic carbocycles. The fourth-order valence-electron chi connectivity index (χ4n) is 4.53. The van der Waals surface area contributed by atoms with Crippen LogP contribution in [-0.2, 0) is 0 Å². The van der Waals surface area contributed by atoms with Crippen molar-refractivity contribution in [1.29, 1.82) is 0 Å². The number of rotatable bonds is 7. The molecule has 4 rings (SSSR count). The van der Waals surface area contributed by atoms with E-state index >= 15 is 0 Å². The van der Waals surface area contributed by atoms with Crippen molar-refractivity contribution in [3.05, 3.63) is 82.9 Å². The van der Waals surface area contributed by atoms with Gasteiger partial charge in [0.2, 0.25) is 0 Å². The Labute approximate surface area is 199 Å². The van der Waals surface area contributed by atoms with Crippen LogP contribution in [0.1, 0.15) is 45.1 Å². The molecule has 2 aromatic heterocycles. The van der Waals surface area contributed by atoms with Gasteiger partial charge < -0.3 is 24.8 Å². The van der Waals surface area contributed by atoms with Gasteiger partial charge in [-0.25, -0.2) is 4.79 Å². The fourth-order valence-corrected chi connectivity index (χ4v) is 4.86. The van der Waals surface area contributed by atoms with Crippen LogP contribution in [0.5, 0.6) is 0 Å². The maximum Gasteiger partial charge on any atom is 0.335 e. The summed E-state index contributed by atoms with van der Waals surface area (Å²) in [5, 5.41) is 13.5. The van der Waals surface area contributed by atoms with Crippen LogP contribution in [0.4, 0.5) is 0 Å². The Morgan fingerprint density at radius 3 is 2.52 bits per heavy atom. The van der Waals surface area contributed by atoms with Crippen molar-refractivity contribution in [3.63, 3.8) is 0 Å². The summed E-state index contributed by atoms with van der Waals surface area (Å²) in [6.45, 7) is 5.85. The van der Waals surface area contributed by atoms with Crippen LogP contribution in [0.3, 0.4) is 0 Å². The summed E-state index contributed by atoms with van der Waals surface area (Å²) >= 11 is 5.77. The first-order valence-electron chi connectivity index (χ1n) is 10.9. The first-order valence-corrected chi connectivity index (χ1v) is 11.3. The monoisotopic (exact) mass is 463 g/mol. The van der Waals surface area contributed by atoms with E-state index in [0.717, 1.165) is 41.0 Å². The molecule has 1 aliphatic heterocycles. The van der Waals surface area contributed by atoms with Crippen LogP contribution in [0, 0.1) is 13.8 Å². The van der Waals surface area contributed by atoms with Gasteiger partial charge in [0.25, 0.3) is 0 Å². The highest BCUT2D eigenvalue weighted by atomic mass is 32.1. The Morgan fingerprint density at radius 2 is 1.91 bits per heavy atom. The first-order chi connectivity index (χ1) is 15.8. The van der Waals surface area contributed by atoms with Crippen molar-refractivity contribution in [1.82, 2.24) is 24.7 Å². The number of pyridine rings is 1. The van der Waals surface area contributed by atoms with E-state index in [2.05, 4.69) is 58.7 Å². The van der Waals surface area contributed by atoms with Gasteiger partial charge in [0.05, 0.1) is 23.3 Å². The van der Waals surface area contributed by atoms with Crippen LogP contribution < -0.4 is 5.32 Å². The Bertz CT molecular complexity index is 1160. The van der Waals surface area contributed by atoms with Crippen molar-refractivity contribution in [2.75, 3.05) is 27.2 Å². The van der Waals surface area contributed by atoms with Gasteiger partial charge in [-0.3, -0.25) is 4.98 Å². The number of carbonyl (C=O) groups is 1. The van der Waals surface area contributed by atoms with Crippen molar-refractivity contribution in [3.8, 4) is 5.69 Å². The third kappa shape index (κ3) is 4.49. The average molecular weight is 464 g/mol. The molecule has 2 atom stereocenters. The van der Waals surface area contributed by atoms with Gasteiger partial charge in [0.1, 0.15) is 0 Å². The number of thiocarbonyl (C=S) groups is 1. The van der Waals surface area contributed by atoms with Gasteiger partial charge in [0, 0.05) is 36.4 Å². The molecule has 1 saturated heterocycles. The third-order valence-corrected chi connectivity index (χ3v) is 6.50. The number of aromatic carboxylic acids is 1. The lowest BCUT2D eigenvalue weighted by Crippen LogP contribution is -2.35. The van der Waals surface area contributed by atoms with Crippen molar-refractivity contribution in [2.24, 2.45) is 0 Å². The molecular weight excluding hydrogens is 434 g/mol. The standard InChI is InChI=1S/C25H29N5O2S/c1-16-15-20(17(2)30(16)19-10-8-18(9-11-19)24(31)32)23-22(21-7-5-6-12-26-21)27-25(33)29(23)14-13-28(3)4/h5-12,15,22-23H,13-14H2,1-4H3,(H,27,33)(H,31,32). The number of aromatic nitrogens is 2. The normalized spacial score (nSPS) is 18.1. The van der Waals surface area contributed by atoms with Gasteiger partial charge in [-0.2, -0.15) is 0 Å². The number of carboxylic acid groups (broad SMARTS) is 1. The van der Waals surface area contributed by atoms with Crippen LogP contribution in [0.25, 0.3) is 5.69 Å².